The number of anilines is 1. The predicted molar refractivity (Wildman–Crippen MR) is 139 cm³/mol. The molecule has 0 aliphatic carbocycles. The molecule has 4 amide bonds. The number of rotatable bonds is 6. The first-order valence-electron chi connectivity index (χ1n) is 12.8. The van der Waals surface area contributed by atoms with Crippen LogP contribution in [0.3, 0.4) is 0 Å². The highest BCUT2D eigenvalue weighted by Gasteiger charge is 2.36. The van der Waals surface area contributed by atoms with Gasteiger partial charge in [-0.3, -0.25) is 9.59 Å². The number of morpholine rings is 1. The molecule has 2 aromatic carbocycles. The van der Waals surface area contributed by atoms with E-state index in [0.717, 1.165) is 17.7 Å². The second kappa shape index (κ2) is 12.7. The van der Waals surface area contributed by atoms with Crippen molar-refractivity contribution in [3.63, 3.8) is 0 Å². The summed E-state index contributed by atoms with van der Waals surface area (Å²) in [6, 6.07) is 10.1. The van der Waals surface area contributed by atoms with E-state index in [9.17, 15) is 27.6 Å². The van der Waals surface area contributed by atoms with E-state index >= 15 is 0 Å². The van der Waals surface area contributed by atoms with Crippen LogP contribution in [-0.4, -0.2) is 73.1 Å². The molecule has 0 unspecified atom stereocenters. The van der Waals surface area contributed by atoms with Crippen LogP contribution >= 0.6 is 11.6 Å². The third-order valence-electron chi connectivity index (χ3n) is 6.92. The van der Waals surface area contributed by atoms with Crippen LogP contribution in [0.2, 0.25) is 5.02 Å². The minimum Gasteiger partial charge on any atom is -0.378 e. The molecule has 2 aliphatic rings. The Bertz CT molecular complexity index is 1170. The Balaban J connectivity index is 1.44. The Hall–Kier alpha value is -3.31. The molecule has 0 aromatic heterocycles. The molecule has 2 heterocycles. The zero-order valence-electron chi connectivity index (χ0n) is 21.2. The van der Waals surface area contributed by atoms with E-state index in [0.29, 0.717) is 52.2 Å². The van der Waals surface area contributed by atoms with Crippen molar-refractivity contribution in [3.8, 4) is 0 Å². The van der Waals surface area contributed by atoms with Gasteiger partial charge in [-0.15, -0.1) is 0 Å². The van der Waals surface area contributed by atoms with Crippen LogP contribution in [0.1, 0.15) is 24.0 Å². The van der Waals surface area contributed by atoms with Crippen molar-refractivity contribution in [1.29, 1.82) is 0 Å². The molecule has 8 nitrogen and oxygen atoms in total. The second-order valence-corrected chi connectivity index (χ2v) is 9.95. The monoisotopic (exact) mass is 566 g/mol. The van der Waals surface area contributed by atoms with E-state index in [1.807, 2.05) is 6.07 Å². The summed E-state index contributed by atoms with van der Waals surface area (Å²) in [7, 11) is 0. The normalized spacial score (nSPS) is 17.4. The molecule has 2 saturated heterocycles. The van der Waals surface area contributed by atoms with Crippen LogP contribution in [0.5, 0.6) is 0 Å². The number of piperidine rings is 1. The minimum absolute atomic E-state index is 0.0592. The molecule has 0 bridgehead atoms. The molecule has 12 heteroatoms. The fourth-order valence-corrected chi connectivity index (χ4v) is 5.08. The van der Waals surface area contributed by atoms with Gasteiger partial charge < -0.3 is 25.2 Å². The molecule has 2 N–H and O–H groups in total. The Kier molecular flexibility index (Phi) is 9.34. The molecular weight excluding hydrogens is 537 g/mol. The summed E-state index contributed by atoms with van der Waals surface area (Å²) >= 11 is 5.97. The largest absolute Gasteiger partial charge is 0.418 e. The topological polar surface area (TPSA) is 91.0 Å². The van der Waals surface area contributed by atoms with Crippen molar-refractivity contribution in [2.24, 2.45) is 5.92 Å². The van der Waals surface area contributed by atoms with Crippen molar-refractivity contribution in [3.05, 3.63) is 64.7 Å². The number of likely N-dealkylation sites (tertiary alicyclic amines) is 1. The van der Waals surface area contributed by atoms with Crippen molar-refractivity contribution in [2.75, 3.05) is 44.7 Å². The molecular formula is C27H30ClF3N4O4. The number of benzene rings is 2. The van der Waals surface area contributed by atoms with Crippen molar-refractivity contribution >= 4 is 35.1 Å². The van der Waals surface area contributed by atoms with Gasteiger partial charge in [-0.25, -0.2) is 4.79 Å². The summed E-state index contributed by atoms with van der Waals surface area (Å²) < 4.78 is 45.8. The molecule has 2 aliphatic heterocycles. The van der Waals surface area contributed by atoms with Crippen molar-refractivity contribution in [1.82, 2.24) is 15.1 Å². The first-order valence-corrected chi connectivity index (χ1v) is 13.1. The number of para-hydroxylation sites is 1. The van der Waals surface area contributed by atoms with Gasteiger partial charge in [0, 0.05) is 38.5 Å². The third-order valence-corrected chi connectivity index (χ3v) is 7.24. The van der Waals surface area contributed by atoms with Gasteiger partial charge >= 0.3 is 12.2 Å². The smallest absolute Gasteiger partial charge is 0.378 e. The van der Waals surface area contributed by atoms with Crippen LogP contribution in [-0.2, 0) is 26.9 Å². The Labute approximate surface area is 229 Å². The first-order chi connectivity index (χ1) is 18.6. The van der Waals surface area contributed by atoms with Gasteiger partial charge in [0.1, 0.15) is 6.04 Å². The lowest BCUT2D eigenvalue weighted by Crippen LogP contribution is -2.54. The summed E-state index contributed by atoms with van der Waals surface area (Å²) in [6.45, 7) is 2.79. The predicted octanol–water partition coefficient (Wildman–Crippen LogP) is 4.19. The van der Waals surface area contributed by atoms with Crippen LogP contribution in [0, 0.1) is 5.92 Å². The van der Waals surface area contributed by atoms with E-state index in [1.54, 1.807) is 34.1 Å². The molecule has 0 saturated carbocycles. The number of alkyl halides is 3. The number of carbonyl (C=O) groups is 3. The van der Waals surface area contributed by atoms with Gasteiger partial charge in [-0.05, 0) is 30.5 Å². The third kappa shape index (κ3) is 7.42. The number of carbonyl (C=O) groups excluding carboxylic acids is 3. The van der Waals surface area contributed by atoms with Crippen LogP contribution in [0.4, 0.5) is 23.7 Å². The Morgan fingerprint density at radius 2 is 1.62 bits per heavy atom. The van der Waals surface area contributed by atoms with Crippen LogP contribution < -0.4 is 10.6 Å². The molecule has 1 atom stereocenters. The van der Waals surface area contributed by atoms with E-state index in [4.69, 9.17) is 16.3 Å². The van der Waals surface area contributed by atoms with Crippen LogP contribution in [0.15, 0.2) is 48.5 Å². The highest BCUT2D eigenvalue weighted by atomic mass is 35.5. The number of ether oxygens (including phenoxy) is 1. The fourth-order valence-electron chi connectivity index (χ4n) is 4.85. The summed E-state index contributed by atoms with van der Waals surface area (Å²) in [5.74, 6) is -0.512. The minimum atomic E-state index is -4.74. The summed E-state index contributed by atoms with van der Waals surface area (Å²) in [6.07, 6.45) is -3.63. The fraction of sp³-hybridized carbons (Fsp3) is 0.444. The van der Waals surface area contributed by atoms with Gasteiger partial charge in [0.05, 0.1) is 29.5 Å². The van der Waals surface area contributed by atoms with Crippen LogP contribution in [0.25, 0.3) is 0 Å². The number of hydrogen-bond donors (Lipinski definition) is 2. The maximum Gasteiger partial charge on any atom is 0.418 e. The number of nitrogens with one attached hydrogen (secondary N) is 2. The number of nitrogens with zero attached hydrogens (tertiary/aromatic N) is 2. The number of amides is 4. The van der Waals surface area contributed by atoms with E-state index in [-0.39, 0.29) is 29.2 Å². The lowest BCUT2D eigenvalue weighted by molar-refractivity contribution is -0.144. The number of halogens is 4. The Morgan fingerprint density at radius 1 is 0.949 bits per heavy atom. The van der Waals surface area contributed by atoms with Gasteiger partial charge in [0.15, 0.2) is 0 Å². The van der Waals surface area contributed by atoms with Crippen molar-refractivity contribution < 1.29 is 32.3 Å². The maximum absolute atomic E-state index is 13.5. The molecule has 210 valence electrons. The molecule has 0 radical (unpaired) electrons. The zero-order chi connectivity index (χ0) is 28.0. The average Bonchev–Trinajstić information content (AvgIpc) is 2.93. The van der Waals surface area contributed by atoms with Gasteiger partial charge in [0.2, 0.25) is 11.8 Å². The van der Waals surface area contributed by atoms with E-state index < -0.39 is 29.5 Å². The second-order valence-electron chi connectivity index (χ2n) is 9.54. The molecule has 0 spiro atoms. The number of hydrogen-bond acceptors (Lipinski definition) is 4. The first kappa shape index (κ1) is 28.7. The molecule has 4 rings (SSSR count). The highest BCUT2D eigenvalue weighted by molar-refractivity contribution is 6.34. The van der Waals surface area contributed by atoms with Crippen molar-refractivity contribution in [2.45, 2.75) is 31.5 Å². The zero-order valence-corrected chi connectivity index (χ0v) is 21.9. The van der Waals surface area contributed by atoms with Gasteiger partial charge in [-0.1, -0.05) is 48.0 Å². The van der Waals surface area contributed by atoms with E-state index in [2.05, 4.69) is 10.6 Å². The lowest BCUT2D eigenvalue weighted by atomic mass is 9.94. The summed E-state index contributed by atoms with van der Waals surface area (Å²) in [4.78, 5) is 42.6. The SMILES string of the molecule is O=C(Nc1c(Cl)cccc1C(F)(F)F)N[C@H](Cc1ccccc1)C(=O)N1CCC(C(=O)N2CCOCC2)CC1. The lowest BCUT2D eigenvalue weighted by Gasteiger charge is -2.36. The summed E-state index contributed by atoms with van der Waals surface area (Å²) in [5, 5.41) is 4.45. The van der Waals surface area contributed by atoms with Gasteiger partial charge in [-0.2, -0.15) is 13.2 Å². The highest BCUT2D eigenvalue weighted by Crippen LogP contribution is 2.38. The molecule has 2 aromatic rings. The Morgan fingerprint density at radius 3 is 2.26 bits per heavy atom. The van der Waals surface area contributed by atoms with E-state index in [1.165, 1.54) is 6.07 Å². The molecule has 2 fully saturated rings. The summed E-state index contributed by atoms with van der Waals surface area (Å²) in [5.41, 5.74) is -0.914. The standard InChI is InChI=1S/C27H30ClF3N4O4/c28-21-8-4-7-20(27(29,30)31)23(21)33-26(38)32-22(17-18-5-2-1-3-6-18)25(37)34-11-9-19(10-12-34)24(36)35-13-15-39-16-14-35/h1-8,19,22H,9-17H2,(H2,32,33,38)/t22-/m1/s1. The average molecular weight is 567 g/mol. The number of urea groups is 1. The van der Waals surface area contributed by atoms with Gasteiger partial charge in [0.25, 0.3) is 0 Å². The molecule has 39 heavy (non-hydrogen) atoms. The maximum atomic E-state index is 13.5. The quantitative estimate of drug-likeness (QED) is 0.549.